The zero-order valence-corrected chi connectivity index (χ0v) is 16.5. The van der Waals surface area contributed by atoms with Crippen molar-refractivity contribution >= 4 is 15.9 Å². The van der Waals surface area contributed by atoms with Crippen LogP contribution in [-0.4, -0.2) is 31.8 Å². The van der Waals surface area contributed by atoms with Crippen LogP contribution in [0.3, 0.4) is 0 Å². The van der Waals surface area contributed by atoms with Crippen LogP contribution in [0.15, 0.2) is 66.1 Å². The first-order valence-electron chi connectivity index (χ1n) is 9.62. The number of nitrogens with zero attached hydrogens (tertiary/aromatic N) is 1. The molecule has 2 aromatic carbocycles. The van der Waals surface area contributed by atoms with Gasteiger partial charge in [-0.25, -0.2) is 13.1 Å². The van der Waals surface area contributed by atoms with E-state index in [-0.39, 0.29) is 29.4 Å². The highest BCUT2D eigenvalue weighted by atomic mass is 32.2. The molecule has 0 bridgehead atoms. The van der Waals surface area contributed by atoms with E-state index in [2.05, 4.69) is 23.4 Å². The summed E-state index contributed by atoms with van der Waals surface area (Å²) in [6, 6.07) is 14.9. The highest BCUT2D eigenvalue weighted by molar-refractivity contribution is 7.89. The first-order valence-corrected chi connectivity index (χ1v) is 11.1. The number of hydrogen-bond acceptors (Lipinski definition) is 3. The summed E-state index contributed by atoms with van der Waals surface area (Å²) in [6.45, 7) is 3.68. The Morgan fingerprint density at radius 2 is 1.82 bits per heavy atom. The molecular formula is C22H24N2O3S. The van der Waals surface area contributed by atoms with Crippen LogP contribution in [0.25, 0.3) is 0 Å². The van der Waals surface area contributed by atoms with Gasteiger partial charge >= 0.3 is 0 Å². The Balaban J connectivity index is 1.58. The van der Waals surface area contributed by atoms with Crippen molar-refractivity contribution in [3.05, 3.63) is 77.9 Å². The normalized spacial score (nSPS) is 18.5. The molecule has 1 unspecified atom stereocenters. The Labute approximate surface area is 166 Å². The van der Waals surface area contributed by atoms with Gasteiger partial charge in [0.1, 0.15) is 0 Å². The summed E-state index contributed by atoms with van der Waals surface area (Å²) in [5.41, 5.74) is 3.09. The summed E-state index contributed by atoms with van der Waals surface area (Å²) < 4.78 is 26.9. The Bertz CT molecular complexity index is 995. The SMILES string of the molecule is C=CCNS(=O)(=O)c1ccc(C(=O)N(C2CC2)C2CCc3ccccc32)cc1. The number of carbonyl (C=O) groups is 1. The standard InChI is InChI=1S/C22H24N2O3S/c1-2-15-23-28(26,27)19-12-7-17(8-13-19)22(25)24(18-10-11-18)21-14-9-16-5-3-4-6-20(16)21/h2-8,12-13,18,21,23H,1,9-11,14-15H2. The van der Waals surface area contributed by atoms with E-state index < -0.39 is 10.0 Å². The molecule has 1 fully saturated rings. The molecule has 1 N–H and O–H groups in total. The molecule has 4 rings (SSSR count). The van der Waals surface area contributed by atoms with E-state index in [1.807, 2.05) is 17.0 Å². The number of fused-ring (bicyclic) bond motifs is 1. The number of amides is 1. The van der Waals surface area contributed by atoms with Gasteiger partial charge in [-0.05, 0) is 61.1 Å². The van der Waals surface area contributed by atoms with Crippen LogP contribution in [0.4, 0.5) is 0 Å². The Hall–Kier alpha value is -2.44. The monoisotopic (exact) mass is 396 g/mol. The molecule has 0 heterocycles. The van der Waals surface area contributed by atoms with Crippen LogP contribution in [-0.2, 0) is 16.4 Å². The lowest BCUT2D eigenvalue weighted by Gasteiger charge is -2.30. The molecule has 146 valence electrons. The fraction of sp³-hybridized carbons (Fsp3) is 0.318. The van der Waals surface area contributed by atoms with Gasteiger partial charge < -0.3 is 4.90 Å². The third-order valence-electron chi connectivity index (χ3n) is 5.44. The molecule has 2 aromatic rings. The molecule has 0 aromatic heterocycles. The van der Waals surface area contributed by atoms with Crippen LogP contribution < -0.4 is 4.72 Å². The van der Waals surface area contributed by atoms with Crippen molar-refractivity contribution in [2.24, 2.45) is 0 Å². The lowest BCUT2D eigenvalue weighted by Crippen LogP contribution is -2.36. The number of sulfonamides is 1. The minimum atomic E-state index is -3.59. The van der Waals surface area contributed by atoms with E-state index in [0.717, 1.165) is 25.7 Å². The van der Waals surface area contributed by atoms with Crippen molar-refractivity contribution in [1.82, 2.24) is 9.62 Å². The molecule has 0 radical (unpaired) electrons. The van der Waals surface area contributed by atoms with Gasteiger partial charge in [0.05, 0.1) is 10.9 Å². The maximum Gasteiger partial charge on any atom is 0.254 e. The van der Waals surface area contributed by atoms with Crippen LogP contribution >= 0.6 is 0 Å². The number of nitrogens with one attached hydrogen (secondary N) is 1. The van der Waals surface area contributed by atoms with Gasteiger partial charge in [-0.3, -0.25) is 4.79 Å². The van der Waals surface area contributed by atoms with Crippen molar-refractivity contribution < 1.29 is 13.2 Å². The molecule has 1 saturated carbocycles. The Morgan fingerprint density at radius 1 is 1.11 bits per heavy atom. The molecule has 0 spiro atoms. The van der Waals surface area contributed by atoms with Crippen molar-refractivity contribution in [2.45, 2.75) is 42.7 Å². The zero-order valence-electron chi connectivity index (χ0n) is 15.7. The van der Waals surface area contributed by atoms with Crippen LogP contribution in [0, 0.1) is 0 Å². The fourth-order valence-electron chi connectivity index (χ4n) is 3.92. The lowest BCUT2D eigenvalue weighted by atomic mass is 10.1. The van der Waals surface area contributed by atoms with Gasteiger partial charge in [0.25, 0.3) is 5.91 Å². The zero-order chi connectivity index (χ0) is 19.7. The molecule has 2 aliphatic rings. The second-order valence-corrected chi connectivity index (χ2v) is 9.13. The molecule has 28 heavy (non-hydrogen) atoms. The topological polar surface area (TPSA) is 66.5 Å². The highest BCUT2D eigenvalue weighted by Crippen LogP contribution is 2.42. The summed E-state index contributed by atoms with van der Waals surface area (Å²) >= 11 is 0. The van der Waals surface area contributed by atoms with Crippen LogP contribution in [0.5, 0.6) is 0 Å². The molecule has 1 atom stereocenters. The van der Waals surface area contributed by atoms with E-state index in [1.54, 1.807) is 12.1 Å². The summed E-state index contributed by atoms with van der Waals surface area (Å²) in [6.07, 6.45) is 5.48. The maximum absolute atomic E-state index is 13.3. The van der Waals surface area contributed by atoms with E-state index in [4.69, 9.17) is 0 Å². The first kappa shape index (κ1) is 18.9. The molecule has 0 aliphatic heterocycles. The Kier molecular flexibility index (Phi) is 5.08. The van der Waals surface area contributed by atoms with Crippen molar-refractivity contribution in [1.29, 1.82) is 0 Å². The lowest BCUT2D eigenvalue weighted by molar-refractivity contribution is 0.0658. The summed E-state index contributed by atoms with van der Waals surface area (Å²) in [7, 11) is -3.59. The van der Waals surface area contributed by atoms with Gasteiger partial charge in [0.2, 0.25) is 10.0 Å². The smallest absolute Gasteiger partial charge is 0.254 e. The summed E-state index contributed by atoms with van der Waals surface area (Å²) in [5, 5.41) is 0. The average molecular weight is 397 g/mol. The second kappa shape index (κ2) is 7.53. The number of rotatable bonds is 7. The third-order valence-corrected chi connectivity index (χ3v) is 6.88. The van der Waals surface area contributed by atoms with E-state index in [1.165, 1.54) is 29.3 Å². The van der Waals surface area contributed by atoms with Gasteiger partial charge in [0.15, 0.2) is 0 Å². The van der Waals surface area contributed by atoms with E-state index in [0.29, 0.717) is 5.56 Å². The largest absolute Gasteiger partial charge is 0.329 e. The number of carbonyl (C=O) groups excluding carboxylic acids is 1. The number of benzene rings is 2. The molecule has 0 saturated heterocycles. The molecule has 6 heteroatoms. The minimum Gasteiger partial charge on any atom is -0.329 e. The van der Waals surface area contributed by atoms with Crippen LogP contribution in [0.1, 0.15) is 46.8 Å². The highest BCUT2D eigenvalue weighted by Gasteiger charge is 2.40. The summed E-state index contributed by atoms with van der Waals surface area (Å²) in [5.74, 6) is -0.0211. The Morgan fingerprint density at radius 3 is 2.50 bits per heavy atom. The van der Waals surface area contributed by atoms with Crippen molar-refractivity contribution in [2.75, 3.05) is 6.54 Å². The molecular weight excluding hydrogens is 372 g/mol. The van der Waals surface area contributed by atoms with Gasteiger partial charge in [0, 0.05) is 18.2 Å². The van der Waals surface area contributed by atoms with Gasteiger partial charge in [-0.2, -0.15) is 0 Å². The number of aryl methyl sites for hydroxylation is 1. The van der Waals surface area contributed by atoms with Crippen molar-refractivity contribution in [3.8, 4) is 0 Å². The van der Waals surface area contributed by atoms with Gasteiger partial charge in [-0.1, -0.05) is 30.3 Å². The van der Waals surface area contributed by atoms with Gasteiger partial charge in [-0.15, -0.1) is 6.58 Å². The predicted molar refractivity (Wildman–Crippen MR) is 109 cm³/mol. The van der Waals surface area contributed by atoms with Crippen LogP contribution in [0.2, 0.25) is 0 Å². The van der Waals surface area contributed by atoms with E-state index >= 15 is 0 Å². The van der Waals surface area contributed by atoms with E-state index in [9.17, 15) is 13.2 Å². The molecule has 2 aliphatic carbocycles. The average Bonchev–Trinajstić information content (AvgIpc) is 3.46. The number of hydrogen-bond donors (Lipinski definition) is 1. The maximum atomic E-state index is 13.3. The first-order chi connectivity index (χ1) is 13.5. The fourth-order valence-corrected chi connectivity index (χ4v) is 4.91. The molecule has 1 amide bonds. The summed E-state index contributed by atoms with van der Waals surface area (Å²) in [4.78, 5) is 15.5. The third kappa shape index (κ3) is 3.62. The minimum absolute atomic E-state index is 0.0211. The van der Waals surface area contributed by atoms with Crippen molar-refractivity contribution in [3.63, 3.8) is 0 Å². The second-order valence-electron chi connectivity index (χ2n) is 7.36. The molecule has 5 nitrogen and oxygen atoms in total. The predicted octanol–water partition coefficient (Wildman–Crippen LogP) is 3.44. The quantitative estimate of drug-likeness (QED) is 0.729.